The van der Waals surface area contributed by atoms with E-state index in [1.165, 1.54) is 0 Å². The lowest BCUT2D eigenvalue weighted by Gasteiger charge is -2.18. The third-order valence-electron chi connectivity index (χ3n) is 2.65. The number of hydrogen-bond acceptors (Lipinski definition) is 4. The number of nitrogens with zero attached hydrogens (tertiary/aromatic N) is 2. The van der Waals surface area contributed by atoms with Gasteiger partial charge in [-0.2, -0.15) is 5.26 Å². The van der Waals surface area contributed by atoms with Gasteiger partial charge in [0, 0.05) is 23.9 Å². The molecular formula is C13H18N4. The van der Waals surface area contributed by atoms with Gasteiger partial charge in [0.15, 0.2) is 0 Å². The fraction of sp³-hybridized carbons (Fsp3) is 0.385. The second-order valence-electron chi connectivity index (χ2n) is 3.71. The van der Waals surface area contributed by atoms with E-state index in [9.17, 15) is 0 Å². The highest BCUT2D eigenvalue weighted by Crippen LogP contribution is 2.16. The van der Waals surface area contributed by atoms with Crippen molar-refractivity contribution < 1.29 is 0 Å². The first kappa shape index (κ1) is 13.0. The van der Waals surface area contributed by atoms with Crippen LogP contribution in [0.3, 0.4) is 0 Å². The highest BCUT2D eigenvalue weighted by Gasteiger charge is 2.09. The molecule has 1 heterocycles. The molecule has 90 valence electrons. The van der Waals surface area contributed by atoms with Crippen molar-refractivity contribution in [3.05, 3.63) is 36.2 Å². The molecular weight excluding hydrogens is 212 g/mol. The Labute approximate surface area is 102 Å². The van der Waals surface area contributed by atoms with E-state index >= 15 is 0 Å². The van der Waals surface area contributed by atoms with Gasteiger partial charge in [0.1, 0.15) is 5.82 Å². The quantitative estimate of drug-likeness (QED) is 0.582. The lowest BCUT2D eigenvalue weighted by molar-refractivity contribution is 0.540. The Hall–Kier alpha value is -2.02. The number of pyridine rings is 1. The van der Waals surface area contributed by atoms with Gasteiger partial charge in [-0.1, -0.05) is 19.9 Å². The van der Waals surface area contributed by atoms with Gasteiger partial charge in [-0.15, -0.1) is 0 Å². The fourth-order valence-corrected chi connectivity index (χ4v) is 1.63. The van der Waals surface area contributed by atoms with Crippen molar-refractivity contribution in [3.63, 3.8) is 0 Å². The summed E-state index contributed by atoms with van der Waals surface area (Å²) in [5, 5.41) is 8.76. The summed E-state index contributed by atoms with van der Waals surface area (Å²) >= 11 is 0. The Balaban J connectivity index is 2.63. The molecule has 0 spiro atoms. The van der Waals surface area contributed by atoms with E-state index in [4.69, 9.17) is 5.26 Å². The minimum Gasteiger partial charge on any atom is -0.303 e. The maximum absolute atomic E-state index is 8.76. The number of nitriles is 1. The molecule has 0 aliphatic heterocycles. The van der Waals surface area contributed by atoms with E-state index in [0.29, 0.717) is 5.92 Å². The summed E-state index contributed by atoms with van der Waals surface area (Å²) in [5.41, 5.74) is 6.97. The maximum atomic E-state index is 8.76. The summed E-state index contributed by atoms with van der Waals surface area (Å²) in [6.45, 7) is 4.23. The number of anilines is 1. The third kappa shape index (κ3) is 4.15. The summed E-state index contributed by atoms with van der Waals surface area (Å²) in [6, 6.07) is 7.70. The number of hydrazine groups is 1. The van der Waals surface area contributed by atoms with Crippen LogP contribution in [0.4, 0.5) is 5.82 Å². The van der Waals surface area contributed by atoms with Crippen molar-refractivity contribution in [2.24, 2.45) is 5.92 Å². The van der Waals surface area contributed by atoms with Gasteiger partial charge < -0.3 is 5.43 Å². The van der Waals surface area contributed by atoms with E-state index in [0.717, 1.165) is 24.4 Å². The molecule has 1 aromatic heterocycles. The fourth-order valence-electron chi connectivity index (χ4n) is 1.63. The zero-order chi connectivity index (χ0) is 12.5. The van der Waals surface area contributed by atoms with Crippen LogP contribution in [-0.2, 0) is 0 Å². The smallest absolute Gasteiger partial charge is 0.144 e. The molecule has 0 fully saturated rings. The van der Waals surface area contributed by atoms with Gasteiger partial charge in [0.2, 0.25) is 0 Å². The molecule has 0 aromatic carbocycles. The maximum Gasteiger partial charge on any atom is 0.144 e. The lowest BCUT2D eigenvalue weighted by Crippen LogP contribution is -2.26. The molecule has 0 radical (unpaired) electrons. The van der Waals surface area contributed by atoms with Crippen LogP contribution in [0.2, 0.25) is 0 Å². The van der Waals surface area contributed by atoms with Crippen LogP contribution in [0.1, 0.15) is 26.7 Å². The summed E-state index contributed by atoms with van der Waals surface area (Å²) in [4.78, 5) is 4.14. The Morgan fingerprint density at radius 2 is 2.24 bits per heavy atom. The number of allylic oxidation sites excluding steroid dienone is 2. The monoisotopic (exact) mass is 230 g/mol. The largest absolute Gasteiger partial charge is 0.303 e. The average molecular weight is 230 g/mol. The van der Waals surface area contributed by atoms with E-state index in [1.807, 2.05) is 18.2 Å². The molecule has 4 nitrogen and oxygen atoms in total. The summed E-state index contributed by atoms with van der Waals surface area (Å²) in [7, 11) is 0. The molecule has 1 rings (SSSR count). The predicted molar refractivity (Wildman–Crippen MR) is 68.8 cm³/mol. The number of hydrogen-bond donors (Lipinski definition) is 2. The number of aromatic nitrogens is 1. The van der Waals surface area contributed by atoms with Gasteiger partial charge in [-0.25, -0.2) is 4.98 Å². The van der Waals surface area contributed by atoms with Crippen molar-refractivity contribution in [1.82, 2.24) is 10.4 Å². The first-order chi connectivity index (χ1) is 8.31. The van der Waals surface area contributed by atoms with Crippen molar-refractivity contribution in [2.75, 3.05) is 5.43 Å². The molecule has 0 aliphatic rings. The molecule has 0 aliphatic carbocycles. The SMILES string of the molecule is CCC(CC)/C(=C/C#N)NNc1ccccn1. The normalized spacial score (nSPS) is 11.1. The van der Waals surface area contributed by atoms with Crippen LogP contribution < -0.4 is 10.9 Å². The van der Waals surface area contributed by atoms with Crippen molar-refractivity contribution in [3.8, 4) is 6.07 Å². The van der Waals surface area contributed by atoms with Gasteiger partial charge in [-0.3, -0.25) is 5.43 Å². The van der Waals surface area contributed by atoms with E-state index in [2.05, 4.69) is 35.8 Å². The zero-order valence-electron chi connectivity index (χ0n) is 10.3. The molecule has 17 heavy (non-hydrogen) atoms. The highest BCUT2D eigenvalue weighted by atomic mass is 15.4. The predicted octanol–water partition coefficient (Wildman–Crippen LogP) is 2.84. The van der Waals surface area contributed by atoms with Crippen molar-refractivity contribution >= 4 is 5.82 Å². The van der Waals surface area contributed by atoms with E-state index < -0.39 is 0 Å². The van der Waals surface area contributed by atoms with Crippen LogP contribution in [0, 0.1) is 17.2 Å². The average Bonchev–Trinajstić information content (AvgIpc) is 2.38. The van der Waals surface area contributed by atoms with Crippen LogP contribution in [-0.4, -0.2) is 4.98 Å². The van der Waals surface area contributed by atoms with Gasteiger partial charge in [-0.05, 0) is 25.0 Å². The van der Waals surface area contributed by atoms with Crippen LogP contribution in [0.5, 0.6) is 0 Å². The Morgan fingerprint density at radius 3 is 2.76 bits per heavy atom. The first-order valence-corrected chi connectivity index (χ1v) is 5.84. The number of nitrogens with one attached hydrogen (secondary N) is 2. The second kappa shape index (κ2) is 7.29. The Kier molecular flexibility index (Phi) is 5.59. The molecule has 0 amide bonds. The minimum absolute atomic E-state index is 0.367. The minimum atomic E-state index is 0.367. The Bertz CT molecular complexity index is 388. The summed E-state index contributed by atoms with van der Waals surface area (Å²) in [6.07, 6.45) is 5.27. The van der Waals surface area contributed by atoms with Crippen molar-refractivity contribution in [2.45, 2.75) is 26.7 Å². The first-order valence-electron chi connectivity index (χ1n) is 5.84. The summed E-state index contributed by atoms with van der Waals surface area (Å²) in [5.74, 6) is 1.10. The standard InChI is InChI=1S/C13H18N4/c1-3-11(4-2)12(8-9-14)16-17-13-7-5-6-10-15-13/h5-8,10-11,16H,3-4H2,1-2H3,(H,15,17)/b12-8-. The molecule has 0 unspecified atom stereocenters. The van der Waals surface area contributed by atoms with Crippen LogP contribution >= 0.6 is 0 Å². The topological polar surface area (TPSA) is 60.7 Å². The third-order valence-corrected chi connectivity index (χ3v) is 2.65. The number of rotatable bonds is 6. The van der Waals surface area contributed by atoms with E-state index in [-0.39, 0.29) is 0 Å². The van der Waals surface area contributed by atoms with Crippen LogP contribution in [0.15, 0.2) is 36.2 Å². The summed E-state index contributed by atoms with van der Waals surface area (Å²) < 4.78 is 0. The molecule has 0 saturated carbocycles. The zero-order valence-corrected chi connectivity index (χ0v) is 10.3. The van der Waals surface area contributed by atoms with Gasteiger partial charge >= 0.3 is 0 Å². The highest BCUT2D eigenvalue weighted by molar-refractivity contribution is 5.33. The van der Waals surface area contributed by atoms with Crippen molar-refractivity contribution in [1.29, 1.82) is 5.26 Å². The molecule has 0 saturated heterocycles. The lowest BCUT2D eigenvalue weighted by atomic mass is 9.99. The molecule has 1 aromatic rings. The molecule has 4 heteroatoms. The second-order valence-corrected chi connectivity index (χ2v) is 3.71. The van der Waals surface area contributed by atoms with Crippen LogP contribution in [0.25, 0.3) is 0 Å². The van der Waals surface area contributed by atoms with Gasteiger partial charge in [0.25, 0.3) is 0 Å². The molecule has 2 N–H and O–H groups in total. The Morgan fingerprint density at radius 1 is 1.47 bits per heavy atom. The van der Waals surface area contributed by atoms with E-state index in [1.54, 1.807) is 12.3 Å². The molecule has 0 atom stereocenters. The molecule has 0 bridgehead atoms. The van der Waals surface area contributed by atoms with Gasteiger partial charge in [0.05, 0.1) is 6.07 Å².